The number of fused-ring (bicyclic) bond motifs is 4. The number of rotatable bonds is 7. The molecular formula is C65H66N4. The summed E-state index contributed by atoms with van der Waals surface area (Å²) in [5.74, 6) is 2.07. The highest BCUT2D eigenvalue weighted by atomic mass is 15.3. The normalized spacial score (nSPS) is 31.2. The Kier molecular flexibility index (Phi) is 10.9. The summed E-state index contributed by atoms with van der Waals surface area (Å²) in [6.07, 6.45) is 38.8. The van der Waals surface area contributed by atoms with Crippen molar-refractivity contribution < 1.29 is 0 Å². The van der Waals surface area contributed by atoms with Crippen LogP contribution in [0.15, 0.2) is 214 Å². The maximum atomic E-state index is 5.79. The van der Waals surface area contributed by atoms with Crippen molar-refractivity contribution in [3.05, 3.63) is 215 Å². The molecule has 4 nitrogen and oxygen atoms in total. The summed E-state index contributed by atoms with van der Waals surface area (Å²) in [5.41, 5.74) is 17.7. The molecule has 0 aromatic heterocycles. The molecule has 4 heteroatoms. The van der Waals surface area contributed by atoms with Crippen molar-refractivity contribution in [1.29, 1.82) is 0 Å². The van der Waals surface area contributed by atoms with Crippen LogP contribution in [0.4, 0.5) is 0 Å². The fourth-order valence-corrected chi connectivity index (χ4v) is 13.0. The summed E-state index contributed by atoms with van der Waals surface area (Å²) >= 11 is 0. The molecule has 0 saturated heterocycles. The van der Waals surface area contributed by atoms with Gasteiger partial charge in [-0.25, -0.2) is 0 Å². The van der Waals surface area contributed by atoms with Gasteiger partial charge in [-0.2, -0.15) is 0 Å². The molecule has 4 aromatic carbocycles. The highest BCUT2D eigenvalue weighted by Gasteiger charge is 2.55. The van der Waals surface area contributed by atoms with E-state index in [1.807, 2.05) is 0 Å². The highest BCUT2D eigenvalue weighted by Crippen LogP contribution is 2.55. The lowest BCUT2D eigenvalue weighted by Gasteiger charge is -2.52. The van der Waals surface area contributed by atoms with Gasteiger partial charge in [-0.15, -0.1) is 0 Å². The Morgan fingerprint density at radius 1 is 0.696 bits per heavy atom. The van der Waals surface area contributed by atoms with Crippen LogP contribution < -0.4 is 5.32 Å². The van der Waals surface area contributed by atoms with Crippen LogP contribution in [0.25, 0.3) is 33.0 Å². The maximum absolute atomic E-state index is 5.79. The molecule has 0 spiro atoms. The largest absolute Gasteiger partial charge is 0.363 e. The predicted octanol–water partition coefficient (Wildman–Crippen LogP) is 15.4. The quantitative estimate of drug-likeness (QED) is 0.188. The fraction of sp³-hybridized carbons (Fsp3) is 0.323. The minimum absolute atomic E-state index is 0.00892. The monoisotopic (exact) mass is 903 g/mol. The van der Waals surface area contributed by atoms with E-state index >= 15 is 0 Å². The molecule has 0 fully saturated rings. The minimum atomic E-state index is -0.131. The van der Waals surface area contributed by atoms with Gasteiger partial charge in [-0.1, -0.05) is 192 Å². The number of aliphatic imine (C=N–C) groups is 2. The molecule has 8 aliphatic rings. The molecule has 12 rings (SSSR count). The van der Waals surface area contributed by atoms with Crippen molar-refractivity contribution in [2.24, 2.45) is 45.0 Å². The van der Waals surface area contributed by atoms with Crippen molar-refractivity contribution in [2.75, 3.05) is 0 Å². The number of nitrogens with one attached hydrogen (secondary N) is 1. The molecule has 9 unspecified atom stereocenters. The first-order valence-corrected chi connectivity index (χ1v) is 25.9. The van der Waals surface area contributed by atoms with Gasteiger partial charge in [-0.05, 0) is 136 Å². The summed E-state index contributed by atoms with van der Waals surface area (Å²) in [5, 5.41) is 6.38. The molecule has 69 heavy (non-hydrogen) atoms. The lowest BCUT2D eigenvalue weighted by Crippen LogP contribution is -2.56. The number of benzene rings is 4. The van der Waals surface area contributed by atoms with E-state index in [4.69, 9.17) is 9.98 Å². The number of allylic oxidation sites excluding steroid dienone is 13. The molecule has 0 saturated carbocycles. The fourth-order valence-electron chi connectivity index (χ4n) is 13.0. The Bertz CT molecular complexity index is 3140. The van der Waals surface area contributed by atoms with Gasteiger partial charge in [0.05, 0.1) is 23.4 Å². The van der Waals surface area contributed by atoms with Gasteiger partial charge in [0, 0.05) is 34.0 Å². The van der Waals surface area contributed by atoms with E-state index < -0.39 is 0 Å². The Balaban J connectivity index is 0.927. The minimum Gasteiger partial charge on any atom is -0.363 e. The van der Waals surface area contributed by atoms with Crippen LogP contribution >= 0.6 is 0 Å². The van der Waals surface area contributed by atoms with Gasteiger partial charge < -0.3 is 10.2 Å². The molecule has 4 aromatic rings. The highest BCUT2D eigenvalue weighted by molar-refractivity contribution is 6.11. The van der Waals surface area contributed by atoms with E-state index in [1.165, 1.54) is 72.5 Å². The molecule has 0 bridgehead atoms. The second kappa shape index (κ2) is 17.2. The Morgan fingerprint density at radius 3 is 2.26 bits per heavy atom. The van der Waals surface area contributed by atoms with Crippen molar-refractivity contribution in [3.63, 3.8) is 0 Å². The van der Waals surface area contributed by atoms with Crippen LogP contribution in [-0.2, 0) is 0 Å². The zero-order valence-electron chi connectivity index (χ0n) is 41.3. The van der Waals surface area contributed by atoms with Crippen LogP contribution in [-0.4, -0.2) is 34.1 Å². The van der Waals surface area contributed by atoms with Gasteiger partial charge >= 0.3 is 0 Å². The molecule has 3 heterocycles. The first kappa shape index (κ1) is 43.7. The smallest absolute Gasteiger partial charge is 0.128 e. The second-order valence-corrected chi connectivity index (χ2v) is 22.0. The third-order valence-corrected chi connectivity index (χ3v) is 17.2. The van der Waals surface area contributed by atoms with Gasteiger partial charge in [0.1, 0.15) is 6.17 Å². The van der Waals surface area contributed by atoms with E-state index in [2.05, 4.69) is 222 Å². The molecule has 5 aliphatic carbocycles. The average Bonchev–Trinajstić information content (AvgIpc) is 3.75. The molecule has 9 atom stereocenters. The van der Waals surface area contributed by atoms with Crippen LogP contribution in [0.2, 0.25) is 0 Å². The first-order valence-electron chi connectivity index (χ1n) is 25.9. The lowest BCUT2D eigenvalue weighted by molar-refractivity contribution is 0.0674. The second-order valence-electron chi connectivity index (χ2n) is 22.0. The maximum Gasteiger partial charge on any atom is 0.128 e. The third-order valence-electron chi connectivity index (χ3n) is 17.2. The molecular weight excluding hydrogens is 837 g/mol. The Hall–Kier alpha value is -6.52. The van der Waals surface area contributed by atoms with Gasteiger partial charge in [0.15, 0.2) is 0 Å². The molecule has 3 aliphatic heterocycles. The third kappa shape index (κ3) is 7.40. The van der Waals surface area contributed by atoms with Crippen molar-refractivity contribution in [1.82, 2.24) is 10.2 Å². The SMILES string of the molecule is CC1C=CC=C(C2=CC(c3ccc(-c4c(-c5ccc(C6=NC7=C(C=CCC7C)C7C6C6=C(C=CCC6C)N7C6(C)CC=CCC6C)cc5)ccc5ccccc45)cc3)=NC(C3(C)C=CC=CC3)N2)C1. The summed E-state index contributed by atoms with van der Waals surface area (Å²) in [6, 6.07) is 32.4. The zero-order chi connectivity index (χ0) is 47.0. The van der Waals surface area contributed by atoms with Crippen LogP contribution in [0.5, 0.6) is 0 Å². The summed E-state index contributed by atoms with van der Waals surface area (Å²) < 4.78 is 0. The average molecular weight is 903 g/mol. The molecule has 1 N–H and O–H groups in total. The lowest BCUT2D eigenvalue weighted by atomic mass is 9.71. The predicted molar refractivity (Wildman–Crippen MR) is 290 cm³/mol. The van der Waals surface area contributed by atoms with Crippen LogP contribution in [0, 0.1) is 35.0 Å². The van der Waals surface area contributed by atoms with E-state index in [1.54, 1.807) is 5.57 Å². The molecule has 0 radical (unpaired) electrons. The molecule has 346 valence electrons. The van der Waals surface area contributed by atoms with Crippen molar-refractivity contribution in [2.45, 2.75) is 97.8 Å². The van der Waals surface area contributed by atoms with E-state index in [9.17, 15) is 0 Å². The van der Waals surface area contributed by atoms with E-state index in [-0.39, 0.29) is 29.1 Å². The summed E-state index contributed by atoms with van der Waals surface area (Å²) in [4.78, 5) is 14.1. The zero-order valence-corrected chi connectivity index (χ0v) is 41.3. The van der Waals surface area contributed by atoms with Gasteiger partial charge in [0.25, 0.3) is 0 Å². The van der Waals surface area contributed by atoms with Crippen molar-refractivity contribution >= 4 is 22.2 Å². The molecule has 0 amide bonds. The van der Waals surface area contributed by atoms with Gasteiger partial charge in [0.2, 0.25) is 0 Å². The van der Waals surface area contributed by atoms with E-state index in [0.717, 1.165) is 49.8 Å². The Labute approximate surface area is 410 Å². The summed E-state index contributed by atoms with van der Waals surface area (Å²) in [7, 11) is 0. The standard InChI is InChI=1S/C65H66N4/c1-41-17-14-22-50(39-41)55-40-54(66-63(67-55)64(5)36-11-7-12-37-64)47-28-30-48(31-29-47)58-51-23-9-8-21-45(51)34-35-52(58)46-26-32-49(33-27-46)61-59-57-42(2)18-16-25-56(57)69(65(6)38-13-10-20-44(65)4)62(59)53-24-15-19-43(3)60(53)68-61/h7-17,21-36,40-44,59,62-63,67H,18-20,37-39H2,1-6H3. The number of hydrogen-bond donors (Lipinski definition) is 1. The van der Waals surface area contributed by atoms with Crippen molar-refractivity contribution in [3.8, 4) is 22.3 Å². The topological polar surface area (TPSA) is 40.0 Å². The first-order chi connectivity index (χ1) is 33.6. The number of nitrogens with zero attached hydrogens (tertiary/aromatic N) is 3. The van der Waals surface area contributed by atoms with Gasteiger partial charge in [-0.3, -0.25) is 9.98 Å². The van der Waals surface area contributed by atoms with Crippen LogP contribution in [0.3, 0.4) is 0 Å². The van der Waals surface area contributed by atoms with E-state index in [0.29, 0.717) is 23.7 Å². The van der Waals surface area contributed by atoms with Crippen LogP contribution in [0.1, 0.15) is 91.2 Å². The Morgan fingerprint density at radius 2 is 1.46 bits per heavy atom. The number of hydrogen-bond acceptors (Lipinski definition) is 4. The summed E-state index contributed by atoms with van der Waals surface area (Å²) in [6.45, 7) is 14.5.